The quantitative estimate of drug-likeness (QED) is 0.527. The zero-order valence-electron chi connectivity index (χ0n) is 17.8. The Kier molecular flexibility index (Phi) is 9.35. The van der Waals surface area contributed by atoms with Crippen LogP contribution in [0.25, 0.3) is 11.0 Å². The molecule has 0 bridgehead atoms. The van der Waals surface area contributed by atoms with Gasteiger partial charge in [0.25, 0.3) is 0 Å². The van der Waals surface area contributed by atoms with Crippen LogP contribution >= 0.6 is 24.8 Å². The van der Waals surface area contributed by atoms with Crippen LogP contribution in [0.4, 0.5) is 0 Å². The molecule has 0 atom stereocenters. The molecule has 1 saturated carbocycles. The van der Waals surface area contributed by atoms with E-state index in [2.05, 4.69) is 45.2 Å². The molecule has 3 N–H and O–H groups in total. The fourth-order valence-corrected chi connectivity index (χ4v) is 4.53. The van der Waals surface area contributed by atoms with E-state index in [0.717, 1.165) is 36.0 Å². The van der Waals surface area contributed by atoms with Gasteiger partial charge in [0.15, 0.2) is 0 Å². The number of nitrogens with two attached hydrogens (primary N) is 1. The number of imidazole rings is 1. The maximum absolute atomic E-state index is 12.6. The van der Waals surface area contributed by atoms with Gasteiger partial charge in [-0.15, -0.1) is 24.8 Å². The Balaban J connectivity index is 0.00000171. The topological polar surface area (TPSA) is 72.9 Å². The van der Waals surface area contributed by atoms with Crippen molar-refractivity contribution in [3.05, 3.63) is 66.0 Å². The van der Waals surface area contributed by atoms with Gasteiger partial charge in [-0.2, -0.15) is 0 Å². The highest BCUT2D eigenvalue weighted by Crippen LogP contribution is 2.38. The zero-order chi connectivity index (χ0) is 20.1. The van der Waals surface area contributed by atoms with E-state index in [4.69, 9.17) is 5.73 Å². The number of nitrogens with zero attached hydrogens (tertiary/aromatic N) is 2. The molecule has 4 rings (SSSR count). The summed E-state index contributed by atoms with van der Waals surface area (Å²) in [6.45, 7) is 1.92. The standard InChI is InChI=1S/C24H30N4O.2ClH/c25-17-24(11-4-1-5-12-24)14-23(29)26-15-19-7-6-8-20(13-19)16-28-18-27-21-9-2-3-10-22(21)28;;/h2-3,6-10,13,18H,1,4-5,11-12,14-17,25H2,(H,26,29);2*1H. The van der Waals surface area contributed by atoms with E-state index in [1.165, 1.54) is 24.8 Å². The first kappa shape index (κ1) is 25.2. The maximum atomic E-state index is 12.6. The highest BCUT2D eigenvalue weighted by atomic mass is 35.5. The third kappa shape index (κ3) is 6.22. The van der Waals surface area contributed by atoms with Crippen molar-refractivity contribution >= 4 is 41.8 Å². The molecule has 2 aromatic carbocycles. The van der Waals surface area contributed by atoms with E-state index >= 15 is 0 Å². The van der Waals surface area contributed by atoms with Gasteiger partial charge in [-0.3, -0.25) is 4.79 Å². The summed E-state index contributed by atoms with van der Waals surface area (Å²) in [7, 11) is 0. The highest BCUT2D eigenvalue weighted by Gasteiger charge is 2.32. The largest absolute Gasteiger partial charge is 0.352 e. The van der Waals surface area contributed by atoms with Crippen molar-refractivity contribution in [2.75, 3.05) is 6.54 Å². The monoisotopic (exact) mass is 462 g/mol. The average Bonchev–Trinajstić information content (AvgIpc) is 3.16. The van der Waals surface area contributed by atoms with Gasteiger partial charge in [-0.25, -0.2) is 4.98 Å². The summed E-state index contributed by atoms with van der Waals surface area (Å²) in [4.78, 5) is 17.0. The minimum absolute atomic E-state index is 0. The zero-order valence-corrected chi connectivity index (χ0v) is 19.4. The second kappa shape index (κ2) is 11.5. The van der Waals surface area contributed by atoms with Gasteiger partial charge < -0.3 is 15.6 Å². The molecule has 0 unspecified atom stereocenters. The van der Waals surface area contributed by atoms with Crippen LogP contribution < -0.4 is 11.1 Å². The van der Waals surface area contributed by atoms with E-state index in [1.54, 1.807) is 0 Å². The number of hydrogen-bond donors (Lipinski definition) is 2. The number of amides is 1. The number of hydrogen-bond acceptors (Lipinski definition) is 3. The summed E-state index contributed by atoms with van der Waals surface area (Å²) in [6, 6.07) is 16.6. The molecule has 168 valence electrons. The molecule has 5 nitrogen and oxygen atoms in total. The van der Waals surface area contributed by atoms with E-state index in [1.807, 2.05) is 24.5 Å². The van der Waals surface area contributed by atoms with Crippen LogP contribution in [0.1, 0.15) is 49.7 Å². The van der Waals surface area contributed by atoms with Crippen molar-refractivity contribution in [2.24, 2.45) is 11.1 Å². The Morgan fingerprint density at radius 3 is 2.55 bits per heavy atom. The van der Waals surface area contributed by atoms with Crippen LogP contribution in [0.15, 0.2) is 54.9 Å². The van der Waals surface area contributed by atoms with Crippen molar-refractivity contribution in [2.45, 2.75) is 51.6 Å². The number of aromatic nitrogens is 2. The van der Waals surface area contributed by atoms with Gasteiger partial charge in [-0.05, 0) is 48.1 Å². The van der Waals surface area contributed by atoms with Gasteiger partial charge in [0, 0.05) is 19.5 Å². The van der Waals surface area contributed by atoms with E-state index in [0.29, 0.717) is 19.5 Å². The maximum Gasteiger partial charge on any atom is 0.220 e. The molecule has 1 aliphatic carbocycles. The van der Waals surface area contributed by atoms with Crippen molar-refractivity contribution < 1.29 is 4.79 Å². The van der Waals surface area contributed by atoms with Crippen molar-refractivity contribution in [3.63, 3.8) is 0 Å². The van der Waals surface area contributed by atoms with Gasteiger partial charge in [-0.1, -0.05) is 55.7 Å². The Morgan fingerprint density at radius 1 is 1.03 bits per heavy atom. The molecule has 0 saturated heterocycles. The molecule has 7 heteroatoms. The minimum atomic E-state index is 0. The molecule has 1 fully saturated rings. The fourth-order valence-electron chi connectivity index (χ4n) is 4.53. The first-order valence-electron chi connectivity index (χ1n) is 10.6. The SMILES string of the molecule is Cl.Cl.NCC1(CC(=O)NCc2cccc(Cn3cnc4ccccc43)c2)CCCCC1. The molecule has 31 heavy (non-hydrogen) atoms. The molecular formula is C24H32Cl2N4O. The third-order valence-electron chi connectivity index (χ3n) is 6.24. The summed E-state index contributed by atoms with van der Waals surface area (Å²) < 4.78 is 2.15. The molecule has 1 heterocycles. The molecule has 1 amide bonds. The lowest BCUT2D eigenvalue weighted by Gasteiger charge is -2.35. The average molecular weight is 463 g/mol. The molecule has 0 spiro atoms. The molecule has 0 aliphatic heterocycles. The summed E-state index contributed by atoms with van der Waals surface area (Å²) in [5, 5.41) is 3.11. The number of carbonyl (C=O) groups is 1. The first-order chi connectivity index (χ1) is 14.2. The lowest BCUT2D eigenvalue weighted by Crippen LogP contribution is -2.38. The van der Waals surface area contributed by atoms with Crippen LogP contribution in [0.3, 0.4) is 0 Å². The normalized spacial score (nSPS) is 15.0. The van der Waals surface area contributed by atoms with Gasteiger partial charge in [0.1, 0.15) is 0 Å². The lowest BCUT2D eigenvalue weighted by molar-refractivity contribution is -0.124. The number of carbonyl (C=O) groups excluding carboxylic acids is 1. The number of benzene rings is 2. The van der Waals surface area contributed by atoms with Crippen LogP contribution in [0.5, 0.6) is 0 Å². The smallest absolute Gasteiger partial charge is 0.220 e. The van der Waals surface area contributed by atoms with E-state index < -0.39 is 0 Å². The Morgan fingerprint density at radius 2 is 1.77 bits per heavy atom. The van der Waals surface area contributed by atoms with E-state index in [-0.39, 0.29) is 36.1 Å². The predicted molar refractivity (Wildman–Crippen MR) is 131 cm³/mol. The summed E-state index contributed by atoms with van der Waals surface area (Å²) in [5.74, 6) is 0.114. The molecule has 1 aromatic heterocycles. The van der Waals surface area contributed by atoms with Crippen LogP contribution in [0.2, 0.25) is 0 Å². The number of nitrogens with one attached hydrogen (secondary N) is 1. The number of fused-ring (bicyclic) bond motifs is 1. The highest BCUT2D eigenvalue weighted by molar-refractivity contribution is 5.85. The Hall–Kier alpha value is -2.08. The second-order valence-corrected chi connectivity index (χ2v) is 8.40. The first-order valence-corrected chi connectivity index (χ1v) is 10.6. The number of para-hydroxylation sites is 2. The molecule has 3 aromatic rings. The van der Waals surface area contributed by atoms with Gasteiger partial charge in [0.05, 0.1) is 17.4 Å². The summed E-state index contributed by atoms with van der Waals surface area (Å²) in [5.41, 5.74) is 10.5. The van der Waals surface area contributed by atoms with Crippen LogP contribution in [-0.2, 0) is 17.9 Å². The number of rotatable bonds is 7. The van der Waals surface area contributed by atoms with Crippen molar-refractivity contribution in [3.8, 4) is 0 Å². The fraction of sp³-hybridized carbons (Fsp3) is 0.417. The predicted octanol–water partition coefficient (Wildman–Crippen LogP) is 4.84. The van der Waals surface area contributed by atoms with Crippen LogP contribution in [-0.4, -0.2) is 22.0 Å². The van der Waals surface area contributed by atoms with Crippen molar-refractivity contribution in [1.82, 2.24) is 14.9 Å². The second-order valence-electron chi connectivity index (χ2n) is 8.40. The third-order valence-corrected chi connectivity index (χ3v) is 6.24. The molecule has 0 radical (unpaired) electrons. The summed E-state index contributed by atoms with van der Waals surface area (Å²) >= 11 is 0. The van der Waals surface area contributed by atoms with E-state index in [9.17, 15) is 4.79 Å². The minimum Gasteiger partial charge on any atom is -0.352 e. The van der Waals surface area contributed by atoms with Gasteiger partial charge in [0.2, 0.25) is 5.91 Å². The number of halogens is 2. The molecular weight excluding hydrogens is 431 g/mol. The van der Waals surface area contributed by atoms with Crippen molar-refractivity contribution in [1.29, 1.82) is 0 Å². The van der Waals surface area contributed by atoms with Crippen LogP contribution in [0, 0.1) is 5.41 Å². The lowest BCUT2D eigenvalue weighted by atomic mass is 9.71. The van der Waals surface area contributed by atoms with Gasteiger partial charge >= 0.3 is 0 Å². The Labute approximate surface area is 196 Å². The molecule has 1 aliphatic rings. The Bertz CT molecular complexity index is 982. The summed E-state index contributed by atoms with van der Waals surface area (Å²) in [6.07, 6.45) is 8.23.